The number of hydrogen-bond acceptors (Lipinski definition) is 5. The van der Waals surface area contributed by atoms with E-state index in [4.69, 9.17) is 10.00 Å². The second-order valence-electron chi connectivity index (χ2n) is 4.60. The molecule has 0 atom stereocenters. The average molecular weight is 314 g/mol. The van der Waals surface area contributed by atoms with Crippen LogP contribution in [0.5, 0.6) is 0 Å². The molecule has 0 fully saturated rings. The van der Waals surface area contributed by atoms with Crippen LogP contribution in [0.4, 0.5) is 0 Å². The van der Waals surface area contributed by atoms with Gasteiger partial charge in [0.15, 0.2) is 6.61 Å². The first-order valence-corrected chi connectivity index (χ1v) is 7.41. The summed E-state index contributed by atoms with van der Waals surface area (Å²) in [5.41, 5.74) is 0.628. The number of benzene rings is 1. The Bertz CT molecular complexity index is 704. The maximum Gasteiger partial charge on any atom is 0.338 e. The monoisotopic (exact) mass is 314 g/mol. The highest BCUT2D eigenvalue weighted by Crippen LogP contribution is 2.11. The molecule has 0 bridgehead atoms. The Morgan fingerprint density at radius 3 is 2.82 bits per heavy atom. The standard InChI is InChI=1S/C16H14N2O3S/c1-18(10-14-6-3-7-22-14)15(19)11-21-16(20)13-5-2-4-12(8-13)9-17/h2-8H,10-11H2,1H3. The molecule has 0 radical (unpaired) electrons. The van der Waals surface area contributed by atoms with Crippen LogP contribution in [-0.2, 0) is 16.1 Å². The molecule has 0 saturated heterocycles. The Morgan fingerprint density at radius 2 is 2.14 bits per heavy atom. The van der Waals surface area contributed by atoms with Crippen LogP contribution in [0, 0.1) is 11.3 Å². The molecule has 1 amide bonds. The molecule has 2 aromatic rings. The molecule has 22 heavy (non-hydrogen) atoms. The van der Waals surface area contributed by atoms with Gasteiger partial charge in [-0.2, -0.15) is 5.26 Å². The molecular weight excluding hydrogens is 300 g/mol. The zero-order chi connectivity index (χ0) is 15.9. The van der Waals surface area contributed by atoms with E-state index < -0.39 is 5.97 Å². The Hall–Kier alpha value is -2.65. The van der Waals surface area contributed by atoms with E-state index in [1.54, 1.807) is 36.6 Å². The van der Waals surface area contributed by atoms with Crippen molar-refractivity contribution in [3.63, 3.8) is 0 Å². The van der Waals surface area contributed by atoms with Crippen molar-refractivity contribution in [3.8, 4) is 6.07 Å². The van der Waals surface area contributed by atoms with Gasteiger partial charge in [-0.3, -0.25) is 4.79 Å². The molecule has 112 valence electrons. The van der Waals surface area contributed by atoms with Gasteiger partial charge in [-0.05, 0) is 29.6 Å². The number of nitrogens with zero attached hydrogens (tertiary/aromatic N) is 2. The lowest BCUT2D eigenvalue weighted by Gasteiger charge is -2.16. The van der Waals surface area contributed by atoms with E-state index in [9.17, 15) is 9.59 Å². The van der Waals surface area contributed by atoms with Gasteiger partial charge in [-0.15, -0.1) is 11.3 Å². The third-order valence-electron chi connectivity index (χ3n) is 2.95. The lowest BCUT2D eigenvalue weighted by atomic mass is 10.1. The number of carbonyl (C=O) groups is 2. The van der Waals surface area contributed by atoms with Crippen LogP contribution in [0.25, 0.3) is 0 Å². The molecule has 0 aliphatic heterocycles. The summed E-state index contributed by atoms with van der Waals surface area (Å²) in [6.45, 7) is 0.162. The number of rotatable bonds is 5. The first-order valence-electron chi connectivity index (χ1n) is 6.54. The van der Waals surface area contributed by atoms with Gasteiger partial charge in [0, 0.05) is 11.9 Å². The van der Waals surface area contributed by atoms with Crippen molar-refractivity contribution in [2.45, 2.75) is 6.54 Å². The van der Waals surface area contributed by atoms with Crippen LogP contribution in [0.2, 0.25) is 0 Å². The van der Waals surface area contributed by atoms with Crippen molar-refractivity contribution < 1.29 is 14.3 Å². The first kappa shape index (κ1) is 15.7. The predicted molar refractivity (Wildman–Crippen MR) is 82.2 cm³/mol. The van der Waals surface area contributed by atoms with E-state index in [0.717, 1.165) is 4.88 Å². The SMILES string of the molecule is CN(Cc1cccs1)C(=O)COC(=O)c1cccc(C#N)c1. The van der Waals surface area contributed by atoms with Crippen molar-refractivity contribution in [2.24, 2.45) is 0 Å². The normalized spacial score (nSPS) is 9.82. The topological polar surface area (TPSA) is 70.4 Å². The molecular formula is C16H14N2O3S. The van der Waals surface area contributed by atoms with Crippen molar-refractivity contribution in [1.82, 2.24) is 4.90 Å². The fourth-order valence-electron chi connectivity index (χ4n) is 1.76. The van der Waals surface area contributed by atoms with Gasteiger partial charge in [0.05, 0.1) is 23.7 Å². The minimum absolute atomic E-state index is 0.257. The number of likely N-dealkylation sites (N-methyl/N-ethyl adjacent to an activating group) is 1. The predicted octanol–water partition coefficient (Wildman–Crippen LogP) is 2.44. The van der Waals surface area contributed by atoms with E-state index in [2.05, 4.69) is 0 Å². The van der Waals surface area contributed by atoms with Gasteiger partial charge >= 0.3 is 5.97 Å². The highest BCUT2D eigenvalue weighted by molar-refractivity contribution is 7.09. The lowest BCUT2D eigenvalue weighted by Crippen LogP contribution is -2.30. The molecule has 6 heteroatoms. The number of amides is 1. The molecule has 0 saturated carbocycles. The molecule has 1 aromatic heterocycles. The minimum atomic E-state index is -0.616. The number of esters is 1. The highest BCUT2D eigenvalue weighted by Gasteiger charge is 2.14. The molecule has 1 aromatic carbocycles. The molecule has 0 unspecified atom stereocenters. The zero-order valence-corrected chi connectivity index (χ0v) is 12.8. The van der Waals surface area contributed by atoms with Crippen molar-refractivity contribution in [3.05, 3.63) is 57.8 Å². The summed E-state index contributed by atoms with van der Waals surface area (Å²) >= 11 is 1.56. The van der Waals surface area contributed by atoms with Gasteiger partial charge in [0.2, 0.25) is 0 Å². The molecule has 0 spiro atoms. The summed E-state index contributed by atoms with van der Waals surface area (Å²) in [6.07, 6.45) is 0. The van der Waals surface area contributed by atoms with Crippen LogP contribution < -0.4 is 0 Å². The fourth-order valence-corrected chi connectivity index (χ4v) is 2.52. The molecule has 0 aliphatic rings. The van der Waals surface area contributed by atoms with Crippen molar-refractivity contribution in [2.75, 3.05) is 13.7 Å². The Kier molecular flexibility index (Phi) is 5.28. The van der Waals surface area contributed by atoms with Gasteiger partial charge < -0.3 is 9.64 Å². The number of hydrogen-bond donors (Lipinski definition) is 0. The fraction of sp³-hybridized carbons (Fsp3) is 0.188. The van der Waals surface area contributed by atoms with Crippen LogP contribution >= 0.6 is 11.3 Å². The van der Waals surface area contributed by atoms with Gasteiger partial charge in [0.1, 0.15) is 0 Å². The van der Waals surface area contributed by atoms with E-state index in [1.165, 1.54) is 11.0 Å². The maximum absolute atomic E-state index is 11.9. The van der Waals surface area contributed by atoms with E-state index in [-0.39, 0.29) is 18.1 Å². The van der Waals surface area contributed by atoms with E-state index in [1.807, 2.05) is 23.6 Å². The molecule has 1 heterocycles. The quantitative estimate of drug-likeness (QED) is 0.795. The van der Waals surface area contributed by atoms with Gasteiger partial charge in [-0.25, -0.2) is 4.79 Å². The Balaban J connectivity index is 1.87. The Morgan fingerprint density at radius 1 is 1.32 bits per heavy atom. The third kappa shape index (κ3) is 4.17. The molecule has 2 rings (SSSR count). The number of nitriles is 1. The zero-order valence-electron chi connectivity index (χ0n) is 12.0. The van der Waals surface area contributed by atoms with E-state index >= 15 is 0 Å². The largest absolute Gasteiger partial charge is 0.452 e. The van der Waals surface area contributed by atoms with Crippen LogP contribution in [0.1, 0.15) is 20.8 Å². The molecule has 0 aliphatic carbocycles. The lowest BCUT2D eigenvalue weighted by molar-refractivity contribution is -0.133. The summed E-state index contributed by atoms with van der Waals surface area (Å²) in [7, 11) is 1.66. The first-order chi connectivity index (χ1) is 10.6. The summed E-state index contributed by atoms with van der Waals surface area (Å²) < 4.78 is 4.99. The minimum Gasteiger partial charge on any atom is -0.452 e. The number of carbonyl (C=O) groups excluding carboxylic acids is 2. The molecule has 5 nitrogen and oxygen atoms in total. The number of thiophene rings is 1. The smallest absolute Gasteiger partial charge is 0.338 e. The second-order valence-corrected chi connectivity index (χ2v) is 5.63. The summed E-state index contributed by atoms with van der Waals surface area (Å²) in [5, 5.41) is 10.7. The van der Waals surface area contributed by atoms with Crippen LogP contribution in [0.3, 0.4) is 0 Å². The Labute approximate surface area is 132 Å². The summed E-state index contributed by atoms with van der Waals surface area (Å²) in [4.78, 5) is 26.3. The third-order valence-corrected chi connectivity index (χ3v) is 3.81. The summed E-state index contributed by atoms with van der Waals surface area (Å²) in [6, 6.07) is 12.0. The van der Waals surface area contributed by atoms with Crippen LogP contribution in [0.15, 0.2) is 41.8 Å². The highest BCUT2D eigenvalue weighted by atomic mass is 32.1. The van der Waals surface area contributed by atoms with Crippen LogP contribution in [-0.4, -0.2) is 30.4 Å². The molecule has 0 N–H and O–H groups in total. The van der Waals surface area contributed by atoms with Crippen molar-refractivity contribution in [1.29, 1.82) is 5.26 Å². The average Bonchev–Trinajstić information content (AvgIpc) is 3.05. The van der Waals surface area contributed by atoms with Crippen molar-refractivity contribution >= 4 is 23.2 Å². The van der Waals surface area contributed by atoms with E-state index in [0.29, 0.717) is 12.1 Å². The number of ether oxygens (including phenoxy) is 1. The van der Waals surface area contributed by atoms with Gasteiger partial charge in [-0.1, -0.05) is 12.1 Å². The van der Waals surface area contributed by atoms with Gasteiger partial charge in [0.25, 0.3) is 5.91 Å². The summed E-state index contributed by atoms with van der Waals surface area (Å²) in [5.74, 6) is -0.895. The maximum atomic E-state index is 11.9. The second kappa shape index (κ2) is 7.38.